The van der Waals surface area contributed by atoms with Gasteiger partial charge in [0.2, 0.25) is 0 Å². The van der Waals surface area contributed by atoms with Crippen LogP contribution in [0.5, 0.6) is 0 Å². The van der Waals surface area contributed by atoms with E-state index in [2.05, 4.69) is 34.6 Å². The van der Waals surface area contributed by atoms with Crippen molar-refractivity contribution in [3.8, 4) is 0 Å². The van der Waals surface area contributed by atoms with E-state index in [0.29, 0.717) is 50.0 Å². The number of ether oxygens (including phenoxy) is 1. The number of nitrogens with zero attached hydrogens (tertiary/aromatic N) is 2. The normalized spacial score (nSPS) is 12.0. The van der Waals surface area contributed by atoms with Crippen molar-refractivity contribution in [1.29, 1.82) is 0 Å². The lowest BCUT2D eigenvalue weighted by atomic mass is 10.0. The summed E-state index contributed by atoms with van der Waals surface area (Å²) < 4.78 is 5.59. The van der Waals surface area contributed by atoms with E-state index in [1.165, 1.54) is 0 Å². The molecule has 0 atom stereocenters. The number of carbonyl (C=O) groups is 2. The predicted molar refractivity (Wildman–Crippen MR) is 134 cm³/mol. The third-order valence-electron chi connectivity index (χ3n) is 4.84. The Balaban J connectivity index is 2.93. The fourth-order valence-electron chi connectivity index (χ4n) is 3.51. The van der Waals surface area contributed by atoms with Gasteiger partial charge in [-0.2, -0.15) is 0 Å². The van der Waals surface area contributed by atoms with Crippen molar-refractivity contribution in [2.45, 2.75) is 74.3 Å². The molecule has 0 saturated heterocycles. The highest BCUT2D eigenvalue weighted by Crippen LogP contribution is 2.17. The second-order valence-corrected chi connectivity index (χ2v) is 10.4. The average Bonchev–Trinajstić information content (AvgIpc) is 2.65. The number of hydrogen-bond donors (Lipinski definition) is 0. The number of rotatable bonds is 10. The maximum absolute atomic E-state index is 13.3. The zero-order chi connectivity index (χ0) is 24.5. The topological polar surface area (TPSA) is 49.9 Å². The van der Waals surface area contributed by atoms with Crippen LogP contribution >= 0.6 is 0 Å². The fourth-order valence-corrected chi connectivity index (χ4v) is 3.51. The maximum Gasteiger partial charge on any atom is 0.410 e. The van der Waals surface area contributed by atoms with Gasteiger partial charge in [0, 0.05) is 31.7 Å². The summed E-state index contributed by atoms with van der Waals surface area (Å²) in [5, 5.41) is 0. The molecule has 0 N–H and O–H groups in total. The molecule has 2 amide bonds. The van der Waals surface area contributed by atoms with E-state index in [1.807, 2.05) is 62.9 Å². The third kappa shape index (κ3) is 9.88. The average molecular weight is 445 g/mol. The number of carbonyl (C=O) groups excluding carboxylic acids is 2. The van der Waals surface area contributed by atoms with E-state index in [4.69, 9.17) is 4.74 Å². The first-order valence-corrected chi connectivity index (χ1v) is 11.8. The monoisotopic (exact) mass is 444 g/mol. The second-order valence-electron chi connectivity index (χ2n) is 10.4. The Morgan fingerprint density at radius 1 is 1.00 bits per heavy atom. The van der Waals surface area contributed by atoms with Crippen LogP contribution in [-0.4, -0.2) is 53.6 Å². The minimum atomic E-state index is -0.526. The molecule has 5 nitrogen and oxygen atoms in total. The summed E-state index contributed by atoms with van der Waals surface area (Å²) in [5.74, 6) is 0.739. The molecule has 0 aromatic heterocycles. The van der Waals surface area contributed by atoms with Crippen LogP contribution in [0.15, 0.2) is 24.3 Å². The first-order valence-electron chi connectivity index (χ1n) is 11.8. The molecule has 0 unspecified atom stereocenters. The van der Waals surface area contributed by atoms with Gasteiger partial charge in [0.15, 0.2) is 0 Å². The van der Waals surface area contributed by atoms with Crippen molar-refractivity contribution in [3.05, 3.63) is 41.0 Å². The van der Waals surface area contributed by atoms with E-state index in [1.54, 1.807) is 4.90 Å². The minimum absolute atomic E-state index is 0.0390. The molecule has 0 aliphatic rings. The highest BCUT2D eigenvalue weighted by molar-refractivity contribution is 5.95. The van der Waals surface area contributed by atoms with E-state index in [-0.39, 0.29) is 12.0 Å². The van der Waals surface area contributed by atoms with Crippen molar-refractivity contribution in [2.75, 3.05) is 26.2 Å². The van der Waals surface area contributed by atoms with Crippen LogP contribution in [-0.2, 0) is 4.74 Å². The maximum atomic E-state index is 13.3. The van der Waals surface area contributed by atoms with Crippen LogP contribution in [0.1, 0.15) is 83.3 Å². The lowest BCUT2D eigenvalue weighted by Crippen LogP contribution is -2.41. The van der Waals surface area contributed by atoms with Gasteiger partial charge in [-0.15, -0.1) is 0 Å². The SMILES string of the molecule is C/C=C\c1cc(C(=O)N(CCCN(CC(C)C)C(=O)OC(C)(C)C)CC(C)C)ccc1C. The first-order chi connectivity index (χ1) is 14.8. The Hall–Kier alpha value is -2.30. The molecule has 0 aliphatic carbocycles. The summed E-state index contributed by atoms with van der Waals surface area (Å²) in [6, 6.07) is 5.88. The molecule has 0 bridgehead atoms. The van der Waals surface area contributed by atoms with E-state index < -0.39 is 5.60 Å². The van der Waals surface area contributed by atoms with Crippen molar-refractivity contribution in [2.24, 2.45) is 11.8 Å². The number of amides is 2. The molecule has 0 fully saturated rings. The van der Waals surface area contributed by atoms with Crippen LogP contribution in [0.3, 0.4) is 0 Å². The highest BCUT2D eigenvalue weighted by atomic mass is 16.6. The van der Waals surface area contributed by atoms with Gasteiger partial charge in [0.25, 0.3) is 5.91 Å². The Morgan fingerprint density at radius 2 is 1.56 bits per heavy atom. The molecule has 0 radical (unpaired) electrons. The van der Waals surface area contributed by atoms with Crippen molar-refractivity contribution in [3.63, 3.8) is 0 Å². The number of allylic oxidation sites excluding steroid dienone is 1. The summed E-state index contributed by atoms with van der Waals surface area (Å²) >= 11 is 0. The molecule has 32 heavy (non-hydrogen) atoms. The second kappa shape index (κ2) is 12.7. The molecule has 180 valence electrons. The summed E-state index contributed by atoms with van der Waals surface area (Å²) in [6.45, 7) is 20.6. The van der Waals surface area contributed by atoms with Crippen LogP contribution in [0.2, 0.25) is 0 Å². The van der Waals surface area contributed by atoms with Crippen molar-refractivity contribution >= 4 is 18.1 Å². The lowest BCUT2D eigenvalue weighted by Gasteiger charge is -2.30. The van der Waals surface area contributed by atoms with Crippen LogP contribution in [0.4, 0.5) is 4.79 Å². The minimum Gasteiger partial charge on any atom is -0.444 e. The van der Waals surface area contributed by atoms with Crippen LogP contribution in [0.25, 0.3) is 6.08 Å². The van der Waals surface area contributed by atoms with Gasteiger partial charge < -0.3 is 14.5 Å². The summed E-state index contributed by atoms with van der Waals surface area (Å²) in [5.41, 5.74) is 2.39. The van der Waals surface area contributed by atoms with Crippen molar-refractivity contribution in [1.82, 2.24) is 9.80 Å². The number of aryl methyl sites for hydroxylation is 1. The predicted octanol–water partition coefficient (Wildman–Crippen LogP) is 6.41. The zero-order valence-electron chi connectivity index (χ0n) is 21.7. The molecule has 0 aliphatic heterocycles. The van der Waals surface area contributed by atoms with Gasteiger partial charge >= 0.3 is 6.09 Å². The van der Waals surface area contributed by atoms with Crippen LogP contribution in [0, 0.1) is 18.8 Å². The van der Waals surface area contributed by atoms with Gasteiger partial charge in [-0.05, 0) is 76.1 Å². The van der Waals surface area contributed by atoms with Gasteiger partial charge in [0.05, 0.1) is 0 Å². The molecular formula is C27H44N2O3. The quantitative estimate of drug-likeness (QED) is 0.419. The summed E-state index contributed by atoms with van der Waals surface area (Å²) in [6.07, 6.45) is 4.44. The number of hydrogen-bond acceptors (Lipinski definition) is 3. The Kier molecular flexibility index (Phi) is 11.0. The molecule has 5 heteroatoms. The standard InChI is InChI=1S/C27H44N2O3/c1-10-12-23-17-24(14-13-22(23)6)25(30)28(18-20(2)3)15-11-16-29(19-21(4)5)26(31)32-27(7,8)9/h10,12-14,17,20-21H,11,15-16,18-19H2,1-9H3/b12-10-. The van der Waals surface area contributed by atoms with Gasteiger partial charge in [-0.3, -0.25) is 4.79 Å². The van der Waals surface area contributed by atoms with Gasteiger partial charge in [-0.25, -0.2) is 4.79 Å². The molecule has 0 saturated carbocycles. The van der Waals surface area contributed by atoms with E-state index in [0.717, 1.165) is 11.1 Å². The lowest BCUT2D eigenvalue weighted by molar-refractivity contribution is 0.0221. The van der Waals surface area contributed by atoms with Crippen LogP contribution < -0.4 is 0 Å². The molecule has 1 aromatic carbocycles. The molecule has 1 rings (SSSR count). The first kappa shape index (κ1) is 27.7. The largest absolute Gasteiger partial charge is 0.444 e. The third-order valence-corrected chi connectivity index (χ3v) is 4.84. The Morgan fingerprint density at radius 3 is 2.09 bits per heavy atom. The molecule has 0 heterocycles. The molecular weight excluding hydrogens is 400 g/mol. The van der Waals surface area contributed by atoms with Gasteiger partial charge in [0.1, 0.15) is 5.60 Å². The Labute approximate surface area is 195 Å². The zero-order valence-corrected chi connectivity index (χ0v) is 21.7. The fraction of sp³-hybridized carbons (Fsp3) is 0.630. The molecule has 0 spiro atoms. The highest BCUT2D eigenvalue weighted by Gasteiger charge is 2.23. The van der Waals surface area contributed by atoms with E-state index in [9.17, 15) is 9.59 Å². The van der Waals surface area contributed by atoms with E-state index >= 15 is 0 Å². The smallest absolute Gasteiger partial charge is 0.410 e. The van der Waals surface area contributed by atoms with Gasteiger partial charge in [-0.1, -0.05) is 45.9 Å². The molecule has 1 aromatic rings. The summed E-state index contributed by atoms with van der Waals surface area (Å²) in [4.78, 5) is 29.7. The summed E-state index contributed by atoms with van der Waals surface area (Å²) in [7, 11) is 0. The number of benzene rings is 1. The van der Waals surface area contributed by atoms with Crippen molar-refractivity contribution < 1.29 is 14.3 Å². The Bertz CT molecular complexity index is 776.